The summed E-state index contributed by atoms with van der Waals surface area (Å²) in [6, 6.07) is 3.92. The molecule has 0 fully saturated rings. The summed E-state index contributed by atoms with van der Waals surface area (Å²) in [6.07, 6.45) is 4.00. The van der Waals surface area contributed by atoms with E-state index in [4.69, 9.17) is 4.74 Å². The molecule has 0 aromatic carbocycles. The molecule has 0 radical (unpaired) electrons. The summed E-state index contributed by atoms with van der Waals surface area (Å²) in [6.45, 7) is 0. The highest BCUT2D eigenvalue weighted by atomic mass is 16.5. The van der Waals surface area contributed by atoms with E-state index in [-0.39, 0.29) is 6.10 Å². The number of methoxy groups -OCH3 is 1. The van der Waals surface area contributed by atoms with Crippen molar-refractivity contribution < 1.29 is 4.74 Å². The first kappa shape index (κ1) is 13.5. The van der Waals surface area contributed by atoms with E-state index >= 15 is 0 Å². The SMILES string of the molecule is COC(Cc1cccn2cc(-c3nn[nH]n3)nc12)c1nn[nH]n1. The lowest BCUT2D eigenvalue weighted by molar-refractivity contribution is 0.0963. The number of imidazole rings is 1. The Morgan fingerprint density at radius 2 is 2.09 bits per heavy atom. The van der Waals surface area contributed by atoms with E-state index < -0.39 is 0 Å². The summed E-state index contributed by atoms with van der Waals surface area (Å²) in [5, 5.41) is 27.8. The van der Waals surface area contributed by atoms with Gasteiger partial charge in [0.05, 0.1) is 0 Å². The number of nitrogens with zero attached hydrogens (tertiary/aromatic N) is 8. The highest BCUT2D eigenvalue weighted by molar-refractivity contribution is 5.58. The number of rotatable bonds is 5. The smallest absolute Gasteiger partial charge is 0.224 e. The average Bonchev–Trinajstić information content (AvgIpc) is 3.33. The molecule has 4 rings (SSSR count). The van der Waals surface area contributed by atoms with Crippen molar-refractivity contribution in [2.24, 2.45) is 0 Å². The number of pyridine rings is 1. The maximum absolute atomic E-state index is 5.46. The third-order valence-corrected chi connectivity index (χ3v) is 3.48. The van der Waals surface area contributed by atoms with E-state index in [0.717, 1.165) is 11.2 Å². The zero-order chi connectivity index (χ0) is 15.6. The van der Waals surface area contributed by atoms with Crippen LogP contribution < -0.4 is 0 Å². The monoisotopic (exact) mass is 312 g/mol. The van der Waals surface area contributed by atoms with E-state index in [9.17, 15) is 0 Å². The van der Waals surface area contributed by atoms with Crippen LogP contribution in [0.1, 0.15) is 17.5 Å². The van der Waals surface area contributed by atoms with Crippen molar-refractivity contribution in [2.75, 3.05) is 7.11 Å². The summed E-state index contributed by atoms with van der Waals surface area (Å²) >= 11 is 0. The molecule has 4 aromatic rings. The second-order valence-electron chi connectivity index (χ2n) is 4.82. The second kappa shape index (κ2) is 5.53. The van der Waals surface area contributed by atoms with Crippen molar-refractivity contribution in [1.82, 2.24) is 50.6 Å². The number of fused-ring (bicyclic) bond motifs is 1. The Labute approximate surface area is 129 Å². The molecule has 4 aromatic heterocycles. The molecule has 4 heterocycles. The molecule has 1 atom stereocenters. The van der Waals surface area contributed by atoms with Gasteiger partial charge in [-0.1, -0.05) is 11.3 Å². The Morgan fingerprint density at radius 3 is 2.83 bits per heavy atom. The van der Waals surface area contributed by atoms with E-state index in [0.29, 0.717) is 23.8 Å². The van der Waals surface area contributed by atoms with E-state index in [1.165, 1.54) is 0 Å². The minimum Gasteiger partial charge on any atom is -0.373 e. The fraction of sp³-hybridized carbons (Fsp3) is 0.250. The second-order valence-corrected chi connectivity index (χ2v) is 4.82. The van der Waals surface area contributed by atoms with Gasteiger partial charge in [0, 0.05) is 25.9 Å². The Morgan fingerprint density at radius 1 is 1.22 bits per heavy atom. The summed E-state index contributed by atoms with van der Waals surface area (Å²) in [5.74, 6) is 0.945. The van der Waals surface area contributed by atoms with Crippen LogP contribution in [0, 0.1) is 0 Å². The van der Waals surface area contributed by atoms with Gasteiger partial charge in [-0.3, -0.25) is 0 Å². The zero-order valence-electron chi connectivity index (χ0n) is 12.1. The largest absolute Gasteiger partial charge is 0.373 e. The number of ether oxygens (including phenoxy) is 1. The summed E-state index contributed by atoms with van der Waals surface area (Å²) in [5.41, 5.74) is 2.41. The maximum atomic E-state index is 5.46. The van der Waals surface area contributed by atoms with Gasteiger partial charge in [0.2, 0.25) is 11.6 Å². The molecule has 0 aliphatic heterocycles. The zero-order valence-corrected chi connectivity index (χ0v) is 12.1. The van der Waals surface area contributed by atoms with Crippen molar-refractivity contribution in [3.8, 4) is 11.5 Å². The predicted octanol–water partition coefficient (Wildman–Crippen LogP) is -0.0423. The van der Waals surface area contributed by atoms with Gasteiger partial charge in [0.15, 0.2) is 0 Å². The molecular weight excluding hydrogens is 300 g/mol. The fourth-order valence-corrected chi connectivity index (χ4v) is 2.39. The van der Waals surface area contributed by atoms with E-state index in [2.05, 4.69) is 46.2 Å². The number of aromatic nitrogens is 10. The van der Waals surface area contributed by atoms with Gasteiger partial charge in [0.1, 0.15) is 17.4 Å². The third-order valence-electron chi connectivity index (χ3n) is 3.48. The highest BCUT2D eigenvalue weighted by Gasteiger charge is 2.19. The number of tetrazole rings is 2. The Bertz CT molecular complexity index is 897. The van der Waals surface area contributed by atoms with Crippen molar-refractivity contribution in [2.45, 2.75) is 12.5 Å². The number of nitrogens with one attached hydrogen (secondary N) is 2. The molecule has 116 valence electrons. The van der Waals surface area contributed by atoms with Gasteiger partial charge < -0.3 is 9.14 Å². The maximum Gasteiger partial charge on any atom is 0.224 e. The standard InChI is InChI=1S/C12H12N10O/c1-23-9(11-16-20-21-17-11)5-7-3-2-4-22-6-8(13-12(7)22)10-14-18-19-15-10/h2-4,6,9H,5H2,1H3,(H,14,15,18,19)(H,16,17,20,21). The molecule has 11 heteroatoms. The molecule has 0 saturated carbocycles. The Hall–Kier alpha value is -3.21. The van der Waals surface area contributed by atoms with Gasteiger partial charge in [-0.25, -0.2) is 4.98 Å². The minimum atomic E-state index is -0.315. The molecular formula is C12H12N10O. The van der Waals surface area contributed by atoms with Crippen LogP contribution in [0.2, 0.25) is 0 Å². The first-order valence-corrected chi connectivity index (χ1v) is 6.81. The predicted molar refractivity (Wildman–Crippen MR) is 76.0 cm³/mol. The number of hydrogen-bond acceptors (Lipinski definition) is 8. The molecule has 0 bridgehead atoms. The van der Waals surface area contributed by atoms with Crippen LogP contribution in [-0.4, -0.2) is 57.7 Å². The van der Waals surface area contributed by atoms with Gasteiger partial charge in [-0.2, -0.15) is 10.4 Å². The lowest BCUT2D eigenvalue weighted by Crippen LogP contribution is -2.08. The van der Waals surface area contributed by atoms with Crippen molar-refractivity contribution in [3.63, 3.8) is 0 Å². The van der Waals surface area contributed by atoms with Crippen molar-refractivity contribution in [1.29, 1.82) is 0 Å². The molecule has 11 nitrogen and oxygen atoms in total. The molecule has 0 aliphatic carbocycles. The fourth-order valence-electron chi connectivity index (χ4n) is 2.39. The first-order chi connectivity index (χ1) is 11.3. The normalized spacial score (nSPS) is 12.7. The number of H-pyrrole nitrogens is 2. The van der Waals surface area contributed by atoms with Gasteiger partial charge >= 0.3 is 0 Å². The molecule has 2 N–H and O–H groups in total. The Kier molecular flexibility index (Phi) is 3.24. The van der Waals surface area contributed by atoms with Gasteiger partial charge in [-0.15, -0.1) is 20.4 Å². The van der Waals surface area contributed by atoms with Crippen LogP contribution in [0.4, 0.5) is 0 Å². The summed E-state index contributed by atoms with van der Waals surface area (Å²) in [4.78, 5) is 4.58. The van der Waals surface area contributed by atoms with E-state index in [1.54, 1.807) is 7.11 Å². The lowest BCUT2D eigenvalue weighted by Gasteiger charge is -2.11. The molecule has 1 unspecified atom stereocenters. The minimum absolute atomic E-state index is 0.315. The topological polar surface area (TPSA) is 135 Å². The quantitative estimate of drug-likeness (QED) is 0.524. The van der Waals surface area contributed by atoms with Crippen LogP contribution in [0.15, 0.2) is 24.5 Å². The molecule has 0 spiro atoms. The van der Waals surface area contributed by atoms with Crippen LogP contribution in [0.5, 0.6) is 0 Å². The van der Waals surface area contributed by atoms with Crippen LogP contribution in [0.25, 0.3) is 17.2 Å². The summed E-state index contributed by atoms with van der Waals surface area (Å²) in [7, 11) is 1.61. The Balaban J connectivity index is 1.72. The van der Waals surface area contributed by atoms with Gasteiger partial charge in [0.25, 0.3) is 0 Å². The molecule has 0 saturated heterocycles. The number of hydrogen-bond donors (Lipinski definition) is 2. The molecule has 0 amide bonds. The average molecular weight is 312 g/mol. The first-order valence-electron chi connectivity index (χ1n) is 6.81. The van der Waals surface area contributed by atoms with E-state index in [1.807, 2.05) is 28.9 Å². The van der Waals surface area contributed by atoms with Crippen LogP contribution in [0.3, 0.4) is 0 Å². The number of aromatic amines is 2. The van der Waals surface area contributed by atoms with Gasteiger partial charge in [-0.05, 0) is 16.8 Å². The highest BCUT2D eigenvalue weighted by Crippen LogP contribution is 2.22. The molecule has 0 aliphatic rings. The van der Waals surface area contributed by atoms with Crippen LogP contribution >= 0.6 is 0 Å². The third kappa shape index (κ3) is 2.42. The van der Waals surface area contributed by atoms with Crippen molar-refractivity contribution in [3.05, 3.63) is 35.9 Å². The molecule has 23 heavy (non-hydrogen) atoms. The summed E-state index contributed by atoms with van der Waals surface area (Å²) < 4.78 is 7.37. The van der Waals surface area contributed by atoms with Crippen LogP contribution in [-0.2, 0) is 11.2 Å². The lowest BCUT2D eigenvalue weighted by atomic mass is 10.1. The van der Waals surface area contributed by atoms with Crippen molar-refractivity contribution >= 4 is 5.65 Å².